The van der Waals surface area contributed by atoms with Gasteiger partial charge in [-0.25, -0.2) is 4.98 Å². The number of fused-ring (bicyclic) bond motifs is 2. The van der Waals surface area contributed by atoms with E-state index < -0.39 is 0 Å². The van der Waals surface area contributed by atoms with Crippen LogP contribution in [0.15, 0.2) is 36.4 Å². The largest absolute Gasteiger partial charge is 0.398 e. The number of aromatic amines is 2. The van der Waals surface area contributed by atoms with Crippen molar-refractivity contribution in [3.05, 3.63) is 36.4 Å². The van der Waals surface area contributed by atoms with Gasteiger partial charge >= 0.3 is 0 Å². The quantitative estimate of drug-likeness (QED) is 0.452. The molecule has 8 nitrogen and oxygen atoms in total. The van der Waals surface area contributed by atoms with Gasteiger partial charge in [0.25, 0.3) is 0 Å². The average molecular weight is 406 g/mol. The molecule has 1 fully saturated rings. The number of morpholine rings is 1. The molecule has 0 amide bonds. The van der Waals surface area contributed by atoms with E-state index in [0.717, 1.165) is 47.3 Å². The summed E-state index contributed by atoms with van der Waals surface area (Å²) >= 11 is 0. The van der Waals surface area contributed by atoms with Crippen LogP contribution < -0.4 is 10.6 Å². The molecule has 4 N–H and O–H groups in total. The fourth-order valence-electron chi connectivity index (χ4n) is 4.25. The van der Waals surface area contributed by atoms with Gasteiger partial charge in [0.15, 0.2) is 5.82 Å². The standard InChI is InChI=1S/C22H27N7O/c1-13-12-30-15(10-28(2)3)11-29(13)14-7-8-17-19(9-14)25-22(24-17)21-20-16(23)5-4-6-18(20)26-27-21/h4-9,13,15H,10-12,23H2,1-3H3,(H,24,25)(H,26,27). The number of anilines is 2. The minimum Gasteiger partial charge on any atom is -0.398 e. The number of rotatable bonds is 4. The third-order valence-electron chi connectivity index (χ3n) is 5.72. The van der Waals surface area contributed by atoms with Crippen LogP contribution in [-0.2, 0) is 4.74 Å². The molecule has 30 heavy (non-hydrogen) atoms. The molecule has 4 aromatic rings. The number of hydrogen-bond donors (Lipinski definition) is 3. The van der Waals surface area contributed by atoms with Gasteiger partial charge in [0, 0.05) is 30.5 Å². The van der Waals surface area contributed by atoms with E-state index in [1.165, 1.54) is 5.69 Å². The summed E-state index contributed by atoms with van der Waals surface area (Å²) in [6, 6.07) is 12.4. The zero-order valence-corrected chi connectivity index (χ0v) is 17.5. The summed E-state index contributed by atoms with van der Waals surface area (Å²) < 4.78 is 6.02. The van der Waals surface area contributed by atoms with Crippen molar-refractivity contribution >= 4 is 33.3 Å². The number of benzene rings is 2. The summed E-state index contributed by atoms with van der Waals surface area (Å²) in [5, 5.41) is 8.39. The van der Waals surface area contributed by atoms with Crippen LogP contribution in [0.5, 0.6) is 0 Å². The minimum absolute atomic E-state index is 0.197. The molecule has 0 saturated carbocycles. The van der Waals surface area contributed by atoms with E-state index >= 15 is 0 Å². The highest BCUT2D eigenvalue weighted by Crippen LogP contribution is 2.31. The Balaban J connectivity index is 1.49. The van der Waals surface area contributed by atoms with Gasteiger partial charge in [-0.3, -0.25) is 5.10 Å². The van der Waals surface area contributed by atoms with E-state index in [-0.39, 0.29) is 6.10 Å². The van der Waals surface area contributed by atoms with Crippen molar-refractivity contribution in [2.75, 3.05) is 44.4 Å². The predicted molar refractivity (Wildman–Crippen MR) is 121 cm³/mol. The average Bonchev–Trinajstić information content (AvgIpc) is 3.33. The molecule has 156 valence electrons. The van der Waals surface area contributed by atoms with Gasteiger partial charge in [0.2, 0.25) is 0 Å². The Morgan fingerprint density at radius 1 is 1.23 bits per heavy atom. The molecule has 2 aromatic heterocycles. The molecular formula is C22H27N7O. The normalized spacial score (nSPS) is 19.9. The molecular weight excluding hydrogens is 378 g/mol. The lowest BCUT2D eigenvalue weighted by molar-refractivity contribution is 0.00880. The first-order valence-electron chi connectivity index (χ1n) is 10.3. The first-order valence-corrected chi connectivity index (χ1v) is 10.3. The van der Waals surface area contributed by atoms with Gasteiger partial charge in [0.05, 0.1) is 34.6 Å². The molecule has 1 aliphatic rings. The van der Waals surface area contributed by atoms with E-state index in [0.29, 0.717) is 17.6 Å². The van der Waals surface area contributed by atoms with Crippen LogP contribution in [0.3, 0.4) is 0 Å². The fourth-order valence-corrected chi connectivity index (χ4v) is 4.25. The molecule has 2 atom stereocenters. The first kappa shape index (κ1) is 18.9. The molecule has 0 aliphatic carbocycles. The second kappa shape index (κ2) is 7.30. The lowest BCUT2D eigenvalue weighted by Crippen LogP contribution is -2.51. The lowest BCUT2D eigenvalue weighted by Gasteiger charge is -2.40. The van der Waals surface area contributed by atoms with Crippen LogP contribution in [0, 0.1) is 0 Å². The number of ether oxygens (including phenoxy) is 1. The van der Waals surface area contributed by atoms with Crippen LogP contribution in [-0.4, -0.2) is 71.0 Å². The van der Waals surface area contributed by atoms with Gasteiger partial charge in [-0.1, -0.05) is 6.07 Å². The zero-order chi connectivity index (χ0) is 20.8. The molecule has 0 spiro atoms. The first-order chi connectivity index (χ1) is 14.5. The molecule has 0 radical (unpaired) electrons. The summed E-state index contributed by atoms with van der Waals surface area (Å²) in [6.45, 7) is 4.70. The number of nitrogens with zero attached hydrogens (tertiary/aromatic N) is 4. The smallest absolute Gasteiger partial charge is 0.159 e. The maximum atomic E-state index is 6.19. The Hall–Kier alpha value is -3.10. The van der Waals surface area contributed by atoms with Crippen molar-refractivity contribution in [3.8, 4) is 11.5 Å². The summed E-state index contributed by atoms with van der Waals surface area (Å²) in [7, 11) is 4.16. The van der Waals surface area contributed by atoms with E-state index in [1.54, 1.807) is 0 Å². The number of H-pyrrole nitrogens is 2. The molecule has 2 aromatic carbocycles. The highest BCUT2D eigenvalue weighted by molar-refractivity contribution is 6.01. The topological polar surface area (TPSA) is 99.1 Å². The van der Waals surface area contributed by atoms with Crippen molar-refractivity contribution in [1.29, 1.82) is 0 Å². The highest BCUT2D eigenvalue weighted by atomic mass is 16.5. The van der Waals surface area contributed by atoms with E-state index in [1.807, 2.05) is 18.2 Å². The van der Waals surface area contributed by atoms with Crippen LogP contribution in [0.1, 0.15) is 6.92 Å². The zero-order valence-electron chi connectivity index (χ0n) is 17.5. The predicted octanol–water partition coefficient (Wildman–Crippen LogP) is 2.84. The van der Waals surface area contributed by atoms with Crippen molar-refractivity contribution in [1.82, 2.24) is 25.1 Å². The van der Waals surface area contributed by atoms with Gasteiger partial charge in [0.1, 0.15) is 5.69 Å². The number of imidazole rings is 1. The number of likely N-dealkylation sites (N-methyl/N-ethyl adjacent to an activating group) is 1. The van der Waals surface area contributed by atoms with E-state index in [2.05, 4.69) is 64.2 Å². The SMILES string of the molecule is CC1COC(CN(C)C)CN1c1ccc2nc(-c3n[nH]c4cccc(N)c34)[nH]c2c1. The number of nitrogens with one attached hydrogen (secondary N) is 2. The van der Waals surface area contributed by atoms with Gasteiger partial charge in [-0.05, 0) is 51.4 Å². The van der Waals surface area contributed by atoms with Gasteiger partial charge in [-0.2, -0.15) is 5.10 Å². The van der Waals surface area contributed by atoms with Crippen LogP contribution in [0.25, 0.3) is 33.5 Å². The maximum Gasteiger partial charge on any atom is 0.159 e. The van der Waals surface area contributed by atoms with E-state index in [4.69, 9.17) is 15.5 Å². The Kier molecular flexibility index (Phi) is 4.60. The van der Waals surface area contributed by atoms with Crippen molar-refractivity contribution < 1.29 is 4.74 Å². The van der Waals surface area contributed by atoms with Crippen LogP contribution in [0.4, 0.5) is 11.4 Å². The molecule has 2 unspecified atom stereocenters. The third-order valence-corrected chi connectivity index (χ3v) is 5.72. The highest BCUT2D eigenvalue weighted by Gasteiger charge is 2.27. The molecule has 0 bridgehead atoms. The van der Waals surface area contributed by atoms with Crippen molar-refractivity contribution in [2.45, 2.75) is 19.1 Å². The summed E-state index contributed by atoms with van der Waals surface area (Å²) in [5.74, 6) is 0.715. The third kappa shape index (κ3) is 3.28. The summed E-state index contributed by atoms with van der Waals surface area (Å²) in [6.07, 6.45) is 0.197. The second-order valence-corrected chi connectivity index (χ2v) is 8.35. The second-order valence-electron chi connectivity index (χ2n) is 8.35. The van der Waals surface area contributed by atoms with Gasteiger partial charge in [-0.15, -0.1) is 0 Å². The number of aromatic nitrogens is 4. The van der Waals surface area contributed by atoms with E-state index in [9.17, 15) is 0 Å². The maximum absolute atomic E-state index is 6.19. The molecule has 1 saturated heterocycles. The Labute approximate surface area is 175 Å². The van der Waals surface area contributed by atoms with Crippen LogP contribution >= 0.6 is 0 Å². The van der Waals surface area contributed by atoms with Crippen LogP contribution in [0.2, 0.25) is 0 Å². The lowest BCUT2D eigenvalue weighted by atomic mass is 10.1. The number of hydrogen-bond acceptors (Lipinski definition) is 6. The Morgan fingerprint density at radius 2 is 2.10 bits per heavy atom. The minimum atomic E-state index is 0.197. The van der Waals surface area contributed by atoms with Crippen molar-refractivity contribution in [3.63, 3.8) is 0 Å². The number of nitrogens with two attached hydrogens (primary N) is 1. The van der Waals surface area contributed by atoms with Crippen molar-refractivity contribution in [2.24, 2.45) is 0 Å². The molecule has 3 heterocycles. The summed E-state index contributed by atoms with van der Waals surface area (Å²) in [4.78, 5) is 12.8. The summed E-state index contributed by atoms with van der Waals surface area (Å²) in [5.41, 5.74) is 11.6. The fraction of sp³-hybridized carbons (Fsp3) is 0.364. The monoisotopic (exact) mass is 405 g/mol. The Morgan fingerprint density at radius 3 is 2.93 bits per heavy atom. The van der Waals surface area contributed by atoms with Gasteiger partial charge < -0.3 is 25.3 Å². The molecule has 5 rings (SSSR count). The molecule has 8 heteroatoms. The Bertz CT molecular complexity index is 1190. The number of nitrogen functional groups attached to an aromatic ring is 1. The molecule has 1 aliphatic heterocycles.